The van der Waals surface area contributed by atoms with Gasteiger partial charge in [-0.15, -0.1) is 0 Å². The Balaban J connectivity index is 0.743. The minimum atomic E-state index is -1.47. The Hall–Kier alpha value is -7.31. The fraction of sp³-hybridized carbons (Fsp3) is 0.612. The van der Waals surface area contributed by atoms with E-state index in [-0.39, 0.29) is 30.2 Å². The average molecular weight is 1080 g/mol. The highest BCUT2D eigenvalue weighted by atomic mass is 16.6. The first-order valence-corrected chi connectivity index (χ1v) is 26.8. The van der Waals surface area contributed by atoms with Gasteiger partial charge in [0.2, 0.25) is 11.9 Å². The Bertz CT molecular complexity index is 2840. The second kappa shape index (κ2) is 23.7. The first kappa shape index (κ1) is 54.1. The van der Waals surface area contributed by atoms with Crippen molar-refractivity contribution < 1.29 is 44.3 Å². The molecule has 10 rings (SSSR count). The first-order valence-electron chi connectivity index (χ1n) is 26.8. The normalized spacial score (nSPS) is 27.2. The number of nitrogens with one attached hydrogen (secondary N) is 8. The molecule has 78 heavy (non-hydrogen) atoms. The van der Waals surface area contributed by atoms with Crippen LogP contribution < -0.4 is 42.5 Å². The number of aliphatic hydroxyl groups is 4. The molecule has 2 aliphatic carbocycles. The maximum atomic E-state index is 13.5. The van der Waals surface area contributed by atoms with Gasteiger partial charge < -0.3 is 81.6 Å². The van der Waals surface area contributed by atoms with Gasteiger partial charge in [0, 0.05) is 89.7 Å². The van der Waals surface area contributed by atoms with Crippen LogP contribution in [-0.2, 0) is 46.0 Å². The molecule has 8 atom stereocenters. The Labute approximate surface area is 448 Å². The number of aryl methyl sites for hydroxylation is 2. The van der Waals surface area contributed by atoms with E-state index in [1.807, 2.05) is 35.6 Å². The first-order chi connectivity index (χ1) is 37.7. The van der Waals surface area contributed by atoms with Crippen LogP contribution in [0.25, 0.3) is 22.3 Å². The van der Waals surface area contributed by atoms with Gasteiger partial charge in [0.05, 0.1) is 36.7 Å². The highest BCUT2D eigenvalue weighted by molar-refractivity contribution is 5.86. The number of anilines is 4. The lowest BCUT2D eigenvalue weighted by atomic mass is 9.90. The number of aliphatic hydroxyl groups excluding tert-OH is 4. The number of amides is 4. The van der Waals surface area contributed by atoms with Crippen molar-refractivity contribution in [2.75, 3.05) is 47.4 Å². The number of carbonyl (C=O) groups is 3. The predicted octanol–water partition coefficient (Wildman–Crippen LogP) is -0.302. The molecule has 0 aromatic carbocycles. The molecule has 4 amide bonds. The van der Waals surface area contributed by atoms with Crippen LogP contribution in [0.5, 0.6) is 0 Å². The van der Waals surface area contributed by atoms with Gasteiger partial charge in [-0.05, 0) is 65.2 Å². The topological polar surface area (TPSA) is 370 Å². The van der Waals surface area contributed by atoms with E-state index in [1.165, 1.54) is 21.8 Å². The summed E-state index contributed by atoms with van der Waals surface area (Å²) in [4.78, 5) is 76.0. The minimum absolute atomic E-state index is 0.0132. The van der Waals surface area contributed by atoms with Gasteiger partial charge >= 0.3 is 6.03 Å². The second-order valence-electron chi connectivity index (χ2n) is 20.5. The summed E-state index contributed by atoms with van der Waals surface area (Å²) >= 11 is 0. The van der Waals surface area contributed by atoms with E-state index in [2.05, 4.69) is 62.5 Å². The molecule has 8 heterocycles. The maximum absolute atomic E-state index is 13.5. The molecular weight excluding hydrogens is 1010 g/mol. The van der Waals surface area contributed by atoms with E-state index in [4.69, 9.17) is 29.4 Å². The molecule has 0 spiro atoms. The van der Waals surface area contributed by atoms with Crippen LogP contribution in [0.2, 0.25) is 0 Å². The van der Waals surface area contributed by atoms with E-state index in [0.717, 1.165) is 37.1 Å². The summed E-state index contributed by atoms with van der Waals surface area (Å²) in [7, 11) is 3.81. The minimum Gasteiger partial charge on any atom is -0.387 e. The third kappa shape index (κ3) is 11.9. The van der Waals surface area contributed by atoms with E-state index in [1.54, 1.807) is 26.5 Å². The van der Waals surface area contributed by atoms with Gasteiger partial charge in [-0.2, -0.15) is 19.9 Å². The van der Waals surface area contributed by atoms with Crippen LogP contribution in [0.1, 0.15) is 89.1 Å². The number of urea groups is 1. The largest absolute Gasteiger partial charge is 0.387 e. The molecule has 0 bridgehead atoms. The van der Waals surface area contributed by atoms with E-state index in [9.17, 15) is 34.8 Å². The van der Waals surface area contributed by atoms with Crippen molar-refractivity contribution in [3.63, 3.8) is 0 Å². The summed E-state index contributed by atoms with van der Waals surface area (Å²) in [6.45, 7) is 5.11. The predicted molar refractivity (Wildman–Crippen MR) is 282 cm³/mol. The van der Waals surface area contributed by atoms with Crippen molar-refractivity contribution in [1.29, 1.82) is 0 Å². The van der Waals surface area contributed by atoms with Crippen LogP contribution >= 0.6 is 0 Å². The Morgan fingerprint density at radius 1 is 0.551 bits per heavy atom. The summed E-state index contributed by atoms with van der Waals surface area (Å²) in [5, 5.41) is 69.1. The molecule has 420 valence electrons. The zero-order valence-corrected chi connectivity index (χ0v) is 44.0. The molecule has 0 unspecified atom stereocenters. The summed E-state index contributed by atoms with van der Waals surface area (Å²) in [6.07, 6.45) is 6.53. The SMILES string of the molecule is CCNC(=O)[C@H]1O[C@@H](n2cnc3c(N[C@H]4CC[C@H](NC(=O)N[C@H]5CC[C@H](Nc6nc(NCCc7cn(C)cn7)nc7c6ncn7[C@@H]6O[C@H](C(=O)NCC)[C@@H](O)[C@H]6O)CC5)CC4)nc(NCCc4cn(C)cn4)nc32)[C@H](O)[C@@H]1O. The van der Waals surface area contributed by atoms with Crippen molar-refractivity contribution in [2.24, 2.45) is 14.1 Å². The van der Waals surface area contributed by atoms with E-state index < -0.39 is 60.9 Å². The Morgan fingerprint density at radius 2 is 0.949 bits per heavy atom. The third-order valence-electron chi connectivity index (χ3n) is 14.7. The van der Waals surface area contributed by atoms with Gasteiger partial charge in [0.1, 0.15) is 24.4 Å². The number of nitrogens with zero attached hydrogens (tertiary/aromatic N) is 12. The van der Waals surface area contributed by atoms with Gasteiger partial charge in [0.15, 0.2) is 58.6 Å². The van der Waals surface area contributed by atoms with Crippen molar-refractivity contribution in [3.8, 4) is 0 Å². The fourth-order valence-corrected chi connectivity index (χ4v) is 10.7. The highest BCUT2D eigenvalue weighted by Crippen LogP contribution is 2.36. The standard InChI is InChI=1S/C49H70N20O9/c1-5-50-43(74)37-33(70)35(72)45(77-37)68-23-56-31-39(62-47(64-41(31)68)52-17-15-29-19-66(3)21-54-29)58-25-7-11-27(12-8-25)60-49(76)61-28-13-9-26(10-14-28)59-40-32-42(65-48(63-40)53-18-16-30-20-67(4)22-55-30)69(24-57-32)46-36(73)34(71)38(78-46)44(75)51-6-2/h19-28,33-38,45-46,70-73H,5-18H2,1-4H3,(H,50,74)(H,51,75)(H2,60,61,76)(H2,52,58,62,64)(H2,53,59,63,65)/t25-,26-,27-,28-,33-,34-,35+,36+,37-,38-,45+,46+/m0/s1. The number of rotatable bonds is 20. The van der Waals surface area contributed by atoms with Crippen molar-refractivity contribution in [3.05, 3.63) is 49.1 Å². The fourth-order valence-electron chi connectivity index (χ4n) is 10.7. The molecule has 12 N–H and O–H groups in total. The number of hydrogen-bond donors (Lipinski definition) is 12. The van der Waals surface area contributed by atoms with Gasteiger partial charge in [-0.3, -0.25) is 18.7 Å². The van der Waals surface area contributed by atoms with E-state index >= 15 is 0 Å². The smallest absolute Gasteiger partial charge is 0.315 e. The third-order valence-corrected chi connectivity index (χ3v) is 14.7. The number of fused-ring (bicyclic) bond motifs is 2. The number of ether oxygens (including phenoxy) is 2. The summed E-state index contributed by atoms with van der Waals surface area (Å²) in [6, 6.07) is -0.347. The lowest BCUT2D eigenvalue weighted by Crippen LogP contribution is -2.49. The number of hydrogen-bond acceptors (Lipinski definition) is 21. The van der Waals surface area contributed by atoms with Crippen LogP contribution in [0.4, 0.5) is 28.3 Å². The van der Waals surface area contributed by atoms with Crippen LogP contribution in [0, 0.1) is 0 Å². The van der Waals surface area contributed by atoms with Crippen molar-refractivity contribution in [2.45, 2.75) is 151 Å². The Kier molecular flexibility index (Phi) is 16.5. The Morgan fingerprint density at radius 3 is 1.32 bits per heavy atom. The van der Waals surface area contributed by atoms with Crippen LogP contribution in [0.3, 0.4) is 0 Å². The molecule has 4 fully saturated rings. The number of carbonyl (C=O) groups excluding carboxylic acids is 3. The van der Waals surface area contributed by atoms with Gasteiger partial charge in [-0.25, -0.2) is 24.7 Å². The number of likely N-dealkylation sites (N-methyl/N-ethyl adjacent to an activating group) is 2. The molecule has 29 nitrogen and oxygen atoms in total. The lowest BCUT2D eigenvalue weighted by molar-refractivity contribution is -0.138. The molecular formula is C49H70N20O9. The van der Waals surface area contributed by atoms with Crippen molar-refractivity contribution >= 4 is 63.7 Å². The molecule has 4 aliphatic rings. The number of imidazole rings is 4. The van der Waals surface area contributed by atoms with Crippen LogP contribution in [-0.4, -0.2) is 183 Å². The van der Waals surface area contributed by atoms with Gasteiger partial charge in [-0.1, -0.05) is 0 Å². The lowest BCUT2D eigenvalue weighted by Gasteiger charge is -2.32. The molecule has 2 aliphatic heterocycles. The summed E-state index contributed by atoms with van der Waals surface area (Å²) in [5.41, 5.74) is 3.28. The molecule has 29 heteroatoms. The molecule has 2 saturated heterocycles. The quantitative estimate of drug-likeness (QED) is 0.0467. The highest BCUT2D eigenvalue weighted by Gasteiger charge is 2.49. The molecule has 0 radical (unpaired) electrons. The number of aromatic nitrogens is 12. The molecule has 6 aromatic heterocycles. The van der Waals surface area contributed by atoms with E-state index in [0.29, 0.717) is 111 Å². The summed E-state index contributed by atoms with van der Waals surface area (Å²) < 4.78 is 18.6. The zero-order chi connectivity index (χ0) is 54.6. The van der Waals surface area contributed by atoms with Crippen LogP contribution in [0.15, 0.2) is 37.7 Å². The summed E-state index contributed by atoms with van der Waals surface area (Å²) in [5.74, 6) is 0.457. The molecule has 6 aromatic rings. The monoisotopic (exact) mass is 1080 g/mol. The average Bonchev–Trinajstić information content (AvgIpc) is 4.36. The van der Waals surface area contributed by atoms with Crippen molar-refractivity contribution in [1.82, 2.24) is 79.4 Å². The zero-order valence-electron chi connectivity index (χ0n) is 44.0. The molecule has 2 saturated carbocycles. The van der Waals surface area contributed by atoms with Gasteiger partial charge in [0.25, 0.3) is 11.8 Å². The second-order valence-corrected chi connectivity index (χ2v) is 20.5. The maximum Gasteiger partial charge on any atom is 0.315 e.